The molecule has 1 amide bonds. The van der Waals surface area contributed by atoms with E-state index in [0.29, 0.717) is 11.4 Å². The summed E-state index contributed by atoms with van der Waals surface area (Å²) in [5.41, 5.74) is 6.99. The number of hydrogen-bond donors (Lipinski definition) is 3. The lowest BCUT2D eigenvalue weighted by Gasteiger charge is -2.31. The molecule has 10 nitrogen and oxygen atoms in total. The molecule has 3 rings (SSSR count). The van der Waals surface area contributed by atoms with Gasteiger partial charge >= 0.3 is 0 Å². The molecule has 1 heterocycles. The number of benzene rings is 1. The Morgan fingerprint density at radius 2 is 1.87 bits per heavy atom. The maximum Gasteiger partial charge on any atom is 0.277 e. The molecule has 1 atom stereocenters. The molecular formula is C18H16N7O3S2-. The molecule has 30 heavy (non-hydrogen) atoms. The van der Waals surface area contributed by atoms with Crippen LogP contribution in [0.15, 0.2) is 64.7 Å². The number of thiocarbonyl (C=S) groups is 2. The molecule has 3 N–H and O–H groups in total. The molecule has 0 saturated heterocycles. The summed E-state index contributed by atoms with van der Waals surface area (Å²) in [6, 6.07) is 8.30. The summed E-state index contributed by atoms with van der Waals surface area (Å²) in [7, 11) is 0. The lowest BCUT2D eigenvalue weighted by molar-refractivity contribution is -0.377. The number of carbonyl (C=O) groups is 1. The van der Waals surface area contributed by atoms with Gasteiger partial charge in [-0.1, -0.05) is 18.2 Å². The molecule has 0 aromatic heterocycles. The third-order valence-electron chi connectivity index (χ3n) is 3.98. The summed E-state index contributed by atoms with van der Waals surface area (Å²) >= 11 is 10.4. The van der Waals surface area contributed by atoms with Gasteiger partial charge in [-0.25, -0.2) is 4.99 Å². The van der Waals surface area contributed by atoms with E-state index in [0.717, 1.165) is 10.7 Å². The summed E-state index contributed by atoms with van der Waals surface area (Å²) in [5, 5.41) is 29.8. The van der Waals surface area contributed by atoms with Crippen LogP contribution >= 0.6 is 24.4 Å². The minimum Gasteiger partial charge on any atom is -0.612 e. The van der Waals surface area contributed by atoms with Crippen molar-refractivity contribution in [2.24, 2.45) is 10.1 Å². The number of nitrogens with one attached hydrogen (secondary N) is 3. The van der Waals surface area contributed by atoms with Crippen molar-refractivity contribution in [3.05, 3.63) is 65.1 Å². The van der Waals surface area contributed by atoms with Gasteiger partial charge in [0.15, 0.2) is 11.2 Å². The van der Waals surface area contributed by atoms with Gasteiger partial charge in [0.25, 0.3) is 5.91 Å². The smallest absolute Gasteiger partial charge is 0.277 e. The van der Waals surface area contributed by atoms with Gasteiger partial charge in [0.1, 0.15) is 0 Å². The number of carbonyl (C=O) groups excluding carboxylic acids is 1. The zero-order valence-corrected chi connectivity index (χ0v) is 17.2. The molecule has 0 bridgehead atoms. The number of nitrogens with zero attached hydrogens (tertiary/aromatic N) is 4. The van der Waals surface area contributed by atoms with Crippen molar-refractivity contribution in [1.82, 2.24) is 15.9 Å². The summed E-state index contributed by atoms with van der Waals surface area (Å²) < 4.78 is 0. The molecule has 1 aromatic rings. The zero-order valence-electron chi connectivity index (χ0n) is 15.6. The first-order valence-corrected chi connectivity index (χ1v) is 9.43. The normalized spacial score (nSPS) is 18.1. The van der Waals surface area contributed by atoms with Gasteiger partial charge in [0, 0.05) is 17.8 Å². The maximum absolute atomic E-state index is 12.9. The van der Waals surface area contributed by atoms with E-state index in [1.807, 2.05) is 30.3 Å². The first-order valence-electron chi connectivity index (χ1n) is 8.61. The van der Waals surface area contributed by atoms with Gasteiger partial charge in [-0.3, -0.25) is 15.6 Å². The van der Waals surface area contributed by atoms with Crippen molar-refractivity contribution in [3.63, 3.8) is 0 Å². The SMILES string of the molecule is CC1=NC(=S)N(NC(=S)Nc2ccccc2)C(=O)[C@H]1NN=C1C=CC(=[N+]([O-])[O-])C=C1. The highest BCUT2D eigenvalue weighted by molar-refractivity contribution is 7.80. The van der Waals surface area contributed by atoms with Crippen LogP contribution < -0.4 is 16.2 Å². The summed E-state index contributed by atoms with van der Waals surface area (Å²) in [6.45, 7) is 1.64. The Morgan fingerprint density at radius 3 is 2.50 bits per heavy atom. The minimum atomic E-state index is -0.890. The van der Waals surface area contributed by atoms with Crippen LogP contribution in [0.1, 0.15) is 6.92 Å². The molecule has 0 spiro atoms. The first-order chi connectivity index (χ1) is 14.3. The Hall–Kier alpha value is -3.64. The van der Waals surface area contributed by atoms with Gasteiger partial charge < -0.3 is 15.7 Å². The number of hydrazone groups is 1. The van der Waals surface area contributed by atoms with Gasteiger partial charge in [0.05, 0.1) is 11.4 Å². The second kappa shape index (κ2) is 9.24. The molecule has 0 saturated carbocycles. The van der Waals surface area contributed by atoms with Crippen LogP contribution in [-0.2, 0) is 4.79 Å². The highest BCUT2D eigenvalue weighted by Gasteiger charge is 2.34. The van der Waals surface area contributed by atoms with E-state index in [9.17, 15) is 15.2 Å². The number of allylic oxidation sites excluding steroid dienone is 4. The van der Waals surface area contributed by atoms with Gasteiger partial charge in [0.2, 0.25) is 10.8 Å². The molecule has 1 aliphatic carbocycles. The maximum atomic E-state index is 12.9. The molecule has 154 valence electrons. The van der Waals surface area contributed by atoms with E-state index in [2.05, 4.69) is 26.3 Å². The van der Waals surface area contributed by atoms with Crippen LogP contribution in [0.3, 0.4) is 0 Å². The molecule has 0 radical (unpaired) electrons. The quantitative estimate of drug-likeness (QED) is 0.276. The topological polar surface area (TPSA) is 130 Å². The summed E-state index contributed by atoms with van der Waals surface area (Å²) in [5.74, 6) is -0.449. The molecule has 0 unspecified atom stereocenters. The lowest BCUT2D eigenvalue weighted by atomic mass is 10.1. The average molecular weight is 443 g/mol. The highest BCUT2D eigenvalue weighted by atomic mass is 32.1. The average Bonchev–Trinajstić information content (AvgIpc) is 2.72. The van der Waals surface area contributed by atoms with Crippen LogP contribution in [0.2, 0.25) is 0 Å². The fourth-order valence-electron chi connectivity index (χ4n) is 2.49. The van der Waals surface area contributed by atoms with Crippen molar-refractivity contribution in [2.45, 2.75) is 13.0 Å². The Labute approximate surface area is 182 Å². The Bertz CT molecular complexity index is 1010. The first kappa shape index (κ1) is 21.1. The Morgan fingerprint density at radius 1 is 1.20 bits per heavy atom. The minimum absolute atomic E-state index is 0.0168. The molecule has 2 aliphatic rings. The number of anilines is 1. The number of aliphatic imine (C=N–C) groups is 1. The van der Waals surface area contributed by atoms with E-state index < -0.39 is 16.9 Å². The van der Waals surface area contributed by atoms with Crippen molar-refractivity contribution in [3.8, 4) is 0 Å². The second-order valence-corrected chi connectivity index (χ2v) is 6.86. The van der Waals surface area contributed by atoms with Crippen LogP contribution in [0, 0.1) is 10.4 Å². The molecule has 12 heteroatoms. The number of hydrazine groups is 1. The number of rotatable bonds is 4. The molecule has 0 fully saturated rings. The zero-order chi connectivity index (χ0) is 21.7. The van der Waals surface area contributed by atoms with Gasteiger partial charge in [-0.05, 0) is 55.6 Å². The second-order valence-electron chi connectivity index (χ2n) is 6.09. The van der Waals surface area contributed by atoms with Crippen molar-refractivity contribution in [1.29, 1.82) is 0 Å². The Kier molecular flexibility index (Phi) is 6.49. The van der Waals surface area contributed by atoms with E-state index in [4.69, 9.17) is 24.4 Å². The fourth-order valence-corrected chi connectivity index (χ4v) is 2.98. The standard InChI is InChI=1S/C18H16N7O3S2/c1-11-15(22-21-13-7-9-14(10-8-13)25(27)28)16(26)24(18(30)19-11)23-17(29)20-12-5-3-2-4-6-12/h2-10,15,22H,1H3,(H2-,20,21,23,27,28,29)/q-1/t15-/m0/s1. The Balaban J connectivity index is 1.68. The van der Waals surface area contributed by atoms with Crippen LogP contribution in [0.5, 0.6) is 0 Å². The van der Waals surface area contributed by atoms with Crippen molar-refractivity contribution in [2.75, 3.05) is 5.32 Å². The number of amides is 1. The van der Waals surface area contributed by atoms with E-state index >= 15 is 0 Å². The molecular weight excluding hydrogens is 426 g/mol. The molecule has 1 aromatic carbocycles. The predicted octanol–water partition coefficient (Wildman–Crippen LogP) is 1.37. The van der Waals surface area contributed by atoms with Crippen molar-refractivity contribution >= 4 is 63.4 Å². The third kappa shape index (κ3) is 5.04. The van der Waals surface area contributed by atoms with Crippen LogP contribution in [-0.4, -0.2) is 49.2 Å². The molecule has 1 aliphatic heterocycles. The van der Waals surface area contributed by atoms with E-state index in [1.165, 1.54) is 24.3 Å². The summed E-state index contributed by atoms with van der Waals surface area (Å²) in [6.07, 6.45) is 5.57. The van der Waals surface area contributed by atoms with Gasteiger partial charge in [-0.15, -0.1) is 0 Å². The van der Waals surface area contributed by atoms with Gasteiger partial charge in [-0.2, -0.15) is 15.0 Å². The third-order valence-corrected chi connectivity index (χ3v) is 4.44. The number of hydrogen-bond acceptors (Lipinski definition) is 7. The van der Waals surface area contributed by atoms with E-state index in [-0.39, 0.29) is 15.9 Å². The summed E-state index contributed by atoms with van der Waals surface area (Å²) in [4.78, 5) is 16.6. The van der Waals surface area contributed by atoms with Crippen LogP contribution in [0.25, 0.3) is 0 Å². The fraction of sp³-hybridized carbons (Fsp3) is 0.111. The largest absolute Gasteiger partial charge is 0.612 e. The number of para-hydroxylation sites is 1. The monoisotopic (exact) mass is 442 g/mol. The highest BCUT2D eigenvalue weighted by Crippen LogP contribution is 2.09. The lowest BCUT2D eigenvalue weighted by Crippen LogP contribution is -2.60. The van der Waals surface area contributed by atoms with Crippen molar-refractivity contribution < 1.29 is 9.70 Å². The predicted molar refractivity (Wildman–Crippen MR) is 123 cm³/mol. The van der Waals surface area contributed by atoms with E-state index in [1.54, 1.807) is 6.92 Å². The van der Waals surface area contributed by atoms with Crippen LogP contribution in [0.4, 0.5) is 5.69 Å².